The molecule has 0 spiro atoms. The Hall–Kier alpha value is -1.95. The summed E-state index contributed by atoms with van der Waals surface area (Å²) in [6.45, 7) is 0.193. The van der Waals surface area contributed by atoms with E-state index in [1.807, 2.05) is 0 Å². The van der Waals surface area contributed by atoms with Crippen molar-refractivity contribution in [2.75, 3.05) is 0 Å². The zero-order chi connectivity index (χ0) is 12.5. The second-order valence-corrected chi connectivity index (χ2v) is 4.18. The molecule has 0 saturated heterocycles. The van der Waals surface area contributed by atoms with Crippen molar-refractivity contribution in [3.05, 3.63) is 29.6 Å². The zero-order valence-electron chi connectivity index (χ0n) is 9.14. The van der Waals surface area contributed by atoms with Gasteiger partial charge in [0, 0.05) is 6.20 Å². The Morgan fingerprint density at radius 3 is 2.82 bits per heavy atom. The monoisotopic (exact) mass is 235 g/mol. The molecule has 1 aliphatic rings. The van der Waals surface area contributed by atoms with Crippen LogP contribution in [0.3, 0.4) is 0 Å². The van der Waals surface area contributed by atoms with Gasteiger partial charge in [-0.25, -0.2) is 4.79 Å². The summed E-state index contributed by atoms with van der Waals surface area (Å²) >= 11 is 0. The van der Waals surface area contributed by atoms with E-state index in [2.05, 4.69) is 10.3 Å². The summed E-state index contributed by atoms with van der Waals surface area (Å²) in [6, 6.07) is 2.83. The summed E-state index contributed by atoms with van der Waals surface area (Å²) in [5.74, 6) is -1.22. The summed E-state index contributed by atoms with van der Waals surface area (Å²) in [7, 11) is 0. The summed E-state index contributed by atoms with van der Waals surface area (Å²) in [5, 5.41) is 11.4. The SMILES string of the molecule is NC1(C(=O)NCc2cc(C(=O)O)ccn2)CC1. The van der Waals surface area contributed by atoms with Gasteiger partial charge in [0.1, 0.15) is 0 Å². The number of pyridine rings is 1. The zero-order valence-corrected chi connectivity index (χ0v) is 9.14. The van der Waals surface area contributed by atoms with E-state index in [1.54, 1.807) is 0 Å². The number of amides is 1. The van der Waals surface area contributed by atoms with Crippen LogP contribution in [0.25, 0.3) is 0 Å². The van der Waals surface area contributed by atoms with Gasteiger partial charge in [-0.3, -0.25) is 9.78 Å². The molecule has 1 aromatic heterocycles. The number of aromatic carboxylic acids is 1. The van der Waals surface area contributed by atoms with E-state index in [-0.39, 0.29) is 18.0 Å². The van der Waals surface area contributed by atoms with Crippen molar-refractivity contribution < 1.29 is 14.7 Å². The van der Waals surface area contributed by atoms with Crippen LogP contribution in [0.4, 0.5) is 0 Å². The van der Waals surface area contributed by atoms with Gasteiger partial charge in [0.05, 0.1) is 23.3 Å². The van der Waals surface area contributed by atoms with Crippen LogP contribution < -0.4 is 11.1 Å². The molecule has 2 rings (SSSR count). The molecule has 1 saturated carbocycles. The predicted octanol–water partition coefficient (Wildman–Crippen LogP) is -0.113. The number of carboxylic acid groups (broad SMARTS) is 1. The maximum Gasteiger partial charge on any atom is 0.335 e. The highest BCUT2D eigenvalue weighted by Gasteiger charge is 2.45. The van der Waals surface area contributed by atoms with Gasteiger partial charge in [-0.05, 0) is 25.0 Å². The minimum Gasteiger partial charge on any atom is -0.478 e. The topological polar surface area (TPSA) is 105 Å². The quantitative estimate of drug-likeness (QED) is 0.675. The molecule has 1 fully saturated rings. The summed E-state index contributed by atoms with van der Waals surface area (Å²) < 4.78 is 0. The maximum absolute atomic E-state index is 11.5. The van der Waals surface area contributed by atoms with Crippen molar-refractivity contribution in [1.82, 2.24) is 10.3 Å². The third-order valence-electron chi connectivity index (χ3n) is 2.73. The molecule has 0 radical (unpaired) electrons. The van der Waals surface area contributed by atoms with Crippen LogP contribution >= 0.6 is 0 Å². The Balaban J connectivity index is 1.97. The van der Waals surface area contributed by atoms with Crippen LogP contribution in [0.15, 0.2) is 18.3 Å². The van der Waals surface area contributed by atoms with Gasteiger partial charge in [0.25, 0.3) is 0 Å². The summed E-state index contributed by atoms with van der Waals surface area (Å²) in [5.41, 5.74) is 5.64. The maximum atomic E-state index is 11.5. The van der Waals surface area contributed by atoms with Crippen LogP contribution in [0.1, 0.15) is 28.9 Å². The Morgan fingerprint density at radius 2 is 2.24 bits per heavy atom. The van der Waals surface area contributed by atoms with Crippen molar-refractivity contribution in [3.8, 4) is 0 Å². The smallest absolute Gasteiger partial charge is 0.335 e. The van der Waals surface area contributed by atoms with E-state index in [0.717, 1.165) is 0 Å². The van der Waals surface area contributed by atoms with Gasteiger partial charge in [-0.2, -0.15) is 0 Å². The minimum absolute atomic E-state index is 0.151. The van der Waals surface area contributed by atoms with Crippen LogP contribution in [0.2, 0.25) is 0 Å². The number of carbonyl (C=O) groups is 2. The number of nitrogens with zero attached hydrogens (tertiary/aromatic N) is 1. The van der Waals surface area contributed by atoms with E-state index in [9.17, 15) is 9.59 Å². The molecule has 0 aromatic carbocycles. The molecule has 0 unspecified atom stereocenters. The van der Waals surface area contributed by atoms with Crippen LogP contribution in [-0.4, -0.2) is 27.5 Å². The molecular weight excluding hydrogens is 222 g/mol. The first kappa shape index (κ1) is 11.5. The molecule has 4 N–H and O–H groups in total. The lowest BCUT2D eigenvalue weighted by Gasteiger charge is -2.09. The molecule has 1 amide bonds. The molecule has 1 aliphatic carbocycles. The number of carbonyl (C=O) groups excluding carboxylic acids is 1. The fraction of sp³-hybridized carbons (Fsp3) is 0.364. The normalized spacial score (nSPS) is 16.3. The lowest BCUT2D eigenvalue weighted by Crippen LogP contribution is -2.42. The van der Waals surface area contributed by atoms with Gasteiger partial charge in [-0.15, -0.1) is 0 Å². The Bertz CT molecular complexity index is 469. The van der Waals surface area contributed by atoms with Gasteiger partial charge in [0.2, 0.25) is 5.91 Å². The molecule has 0 aliphatic heterocycles. The van der Waals surface area contributed by atoms with Gasteiger partial charge >= 0.3 is 5.97 Å². The summed E-state index contributed by atoms with van der Waals surface area (Å²) in [6.07, 6.45) is 2.79. The largest absolute Gasteiger partial charge is 0.478 e. The van der Waals surface area contributed by atoms with Crippen molar-refractivity contribution >= 4 is 11.9 Å². The number of nitrogens with two attached hydrogens (primary N) is 1. The lowest BCUT2D eigenvalue weighted by atomic mass is 10.2. The van der Waals surface area contributed by atoms with Crippen LogP contribution in [0, 0.1) is 0 Å². The number of hydrogen-bond acceptors (Lipinski definition) is 4. The first-order chi connectivity index (χ1) is 8.01. The highest BCUT2D eigenvalue weighted by atomic mass is 16.4. The third-order valence-corrected chi connectivity index (χ3v) is 2.73. The number of carboxylic acids is 1. The number of aromatic nitrogens is 1. The van der Waals surface area contributed by atoms with Crippen LogP contribution in [0.5, 0.6) is 0 Å². The lowest BCUT2D eigenvalue weighted by molar-refractivity contribution is -0.123. The minimum atomic E-state index is -1.02. The molecule has 6 heteroatoms. The van der Waals surface area contributed by atoms with Gasteiger partial charge < -0.3 is 16.2 Å². The molecular formula is C11H13N3O3. The predicted molar refractivity (Wildman–Crippen MR) is 59.2 cm³/mol. The standard InChI is InChI=1S/C11H13N3O3/c12-11(2-3-11)10(17)14-6-8-5-7(9(15)16)1-4-13-8/h1,4-5H,2-3,6,12H2,(H,14,17)(H,15,16). The third kappa shape index (κ3) is 2.59. The Kier molecular flexibility index (Phi) is 2.81. The molecule has 0 atom stereocenters. The van der Waals surface area contributed by atoms with Crippen molar-refractivity contribution in [1.29, 1.82) is 0 Å². The molecule has 1 aromatic rings. The first-order valence-electron chi connectivity index (χ1n) is 5.27. The fourth-order valence-corrected chi connectivity index (χ4v) is 1.42. The van der Waals surface area contributed by atoms with E-state index in [1.165, 1.54) is 18.3 Å². The molecule has 17 heavy (non-hydrogen) atoms. The van der Waals surface area contributed by atoms with E-state index in [4.69, 9.17) is 10.8 Å². The van der Waals surface area contributed by atoms with E-state index < -0.39 is 11.5 Å². The van der Waals surface area contributed by atoms with Crippen molar-refractivity contribution in [2.24, 2.45) is 5.73 Å². The molecule has 6 nitrogen and oxygen atoms in total. The highest BCUT2D eigenvalue weighted by Crippen LogP contribution is 2.32. The van der Waals surface area contributed by atoms with Gasteiger partial charge in [-0.1, -0.05) is 0 Å². The molecule has 90 valence electrons. The van der Waals surface area contributed by atoms with Crippen molar-refractivity contribution in [3.63, 3.8) is 0 Å². The van der Waals surface area contributed by atoms with Crippen molar-refractivity contribution in [2.45, 2.75) is 24.9 Å². The first-order valence-corrected chi connectivity index (χ1v) is 5.27. The average molecular weight is 235 g/mol. The second-order valence-electron chi connectivity index (χ2n) is 4.18. The molecule has 1 heterocycles. The number of rotatable bonds is 4. The average Bonchev–Trinajstić information content (AvgIpc) is 3.06. The highest BCUT2D eigenvalue weighted by molar-refractivity contribution is 5.89. The number of hydrogen-bond donors (Lipinski definition) is 3. The van der Waals surface area contributed by atoms with Gasteiger partial charge in [0.15, 0.2) is 0 Å². The number of nitrogens with one attached hydrogen (secondary N) is 1. The second kappa shape index (κ2) is 4.14. The Morgan fingerprint density at radius 1 is 1.53 bits per heavy atom. The fourth-order valence-electron chi connectivity index (χ4n) is 1.42. The van der Waals surface area contributed by atoms with E-state index >= 15 is 0 Å². The Labute approximate surface area is 97.8 Å². The van der Waals surface area contributed by atoms with E-state index in [0.29, 0.717) is 18.5 Å². The molecule has 0 bridgehead atoms. The van der Waals surface area contributed by atoms with Crippen LogP contribution in [-0.2, 0) is 11.3 Å². The summed E-state index contributed by atoms with van der Waals surface area (Å²) in [4.78, 5) is 26.2.